The van der Waals surface area contributed by atoms with Crippen molar-refractivity contribution < 1.29 is 38.2 Å². The summed E-state index contributed by atoms with van der Waals surface area (Å²) in [6.45, 7) is 3.70. The number of ketones is 1. The van der Waals surface area contributed by atoms with Crippen LogP contribution >= 0.6 is 0 Å². The Bertz CT molecular complexity index is 981. The molecule has 0 saturated carbocycles. The van der Waals surface area contributed by atoms with Crippen LogP contribution in [0, 0.1) is 11.8 Å². The van der Waals surface area contributed by atoms with E-state index in [4.69, 9.17) is 14.2 Å². The van der Waals surface area contributed by atoms with Gasteiger partial charge in [0.1, 0.15) is 0 Å². The van der Waals surface area contributed by atoms with Crippen LogP contribution in [-0.2, 0) is 33.4 Å². The van der Waals surface area contributed by atoms with Gasteiger partial charge in [0.05, 0.1) is 23.6 Å². The van der Waals surface area contributed by atoms with Gasteiger partial charge in [0, 0.05) is 19.4 Å². The molecule has 2 saturated heterocycles. The number of rotatable bonds is 5. The summed E-state index contributed by atoms with van der Waals surface area (Å²) in [7, 11) is 0. The minimum absolute atomic E-state index is 0.141. The third kappa shape index (κ3) is 2.85. The first-order chi connectivity index (χ1) is 14.2. The second-order valence-corrected chi connectivity index (χ2v) is 7.46. The number of Topliss-reactive ketones (excluding diaryl/α,β-unsaturated/α-hetero) is 1. The maximum Gasteiger partial charge on any atom is 0.305 e. The van der Waals surface area contributed by atoms with E-state index in [0.29, 0.717) is 11.3 Å². The van der Waals surface area contributed by atoms with E-state index in [-0.39, 0.29) is 5.78 Å². The Labute approximate surface area is 171 Å². The molecule has 4 rings (SSSR count). The van der Waals surface area contributed by atoms with Gasteiger partial charge >= 0.3 is 11.9 Å². The van der Waals surface area contributed by atoms with Crippen LogP contribution in [0.1, 0.15) is 31.1 Å². The fourth-order valence-electron chi connectivity index (χ4n) is 4.32. The molecule has 4 atom stereocenters. The van der Waals surface area contributed by atoms with Crippen molar-refractivity contribution in [2.45, 2.75) is 38.8 Å². The Morgan fingerprint density at radius 1 is 1.00 bits per heavy atom. The lowest BCUT2D eigenvalue weighted by Gasteiger charge is -2.34. The predicted octanol–water partition coefficient (Wildman–Crippen LogP) is 1.15. The van der Waals surface area contributed by atoms with Crippen LogP contribution in [0.4, 0.5) is 5.69 Å². The second kappa shape index (κ2) is 6.88. The Morgan fingerprint density at radius 3 is 2.13 bits per heavy atom. The zero-order valence-corrected chi connectivity index (χ0v) is 16.5. The largest absolute Gasteiger partial charge is 0.422 e. The number of esters is 2. The van der Waals surface area contributed by atoms with Crippen molar-refractivity contribution in [2.24, 2.45) is 11.8 Å². The molecule has 0 spiro atoms. The van der Waals surface area contributed by atoms with E-state index in [1.54, 1.807) is 6.08 Å². The highest BCUT2D eigenvalue weighted by Crippen LogP contribution is 2.54. The molecule has 2 amide bonds. The molecule has 156 valence electrons. The van der Waals surface area contributed by atoms with Gasteiger partial charge in [-0.15, -0.1) is 0 Å². The average Bonchev–Trinajstić information content (AvgIpc) is 3.32. The average molecular weight is 413 g/mol. The highest BCUT2D eigenvalue weighted by atomic mass is 16.7. The molecule has 30 heavy (non-hydrogen) atoms. The molecule has 9 heteroatoms. The Morgan fingerprint density at radius 2 is 1.60 bits per heavy atom. The quantitative estimate of drug-likeness (QED) is 0.232. The molecule has 2 bridgehead atoms. The number of hydrogen-bond donors (Lipinski definition) is 0. The number of carbonyl (C=O) groups is 5. The zero-order valence-electron chi connectivity index (χ0n) is 16.5. The van der Waals surface area contributed by atoms with Crippen molar-refractivity contribution in [1.82, 2.24) is 0 Å². The molecule has 3 aliphatic rings. The molecule has 0 radical (unpaired) electrons. The van der Waals surface area contributed by atoms with Crippen molar-refractivity contribution >= 4 is 35.2 Å². The van der Waals surface area contributed by atoms with Gasteiger partial charge < -0.3 is 14.2 Å². The number of fused-ring (bicyclic) bond motifs is 5. The van der Waals surface area contributed by atoms with Gasteiger partial charge in [-0.1, -0.05) is 6.08 Å². The summed E-state index contributed by atoms with van der Waals surface area (Å²) in [6, 6.07) is 6.11. The van der Waals surface area contributed by atoms with Gasteiger partial charge in [0.25, 0.3) is 6.29 Å². The third-order valence-electron chi connectivity index (χ3n) is 5.52. The number of amides is 2. The molecule has 0 unspecified atom stereocenters. The van der Waals surface area contributed by atoms with Crippen molar-refractivity contribution in [3.8, 4) is 0 Å². The maximum atomic E-state index is 13.3. The molecule has 1 aromatic rings. The third-order valence-corrected chi connectivity index (χ3v) is 5.52. The van der Waals surface area contributed by atoms with Crippen molar-refractivity contribution in [2.75, 3.05) is 4.90 Å². The fourth-order valence-corrected chi connectivity index (χ4v) is 4.32. The van der Waals surface area contributed by atoms with E-state index >= 15 is 0 Å². The van der Waals surface area contributed by atoms with E-state index in [0.717, 1.165) is 18.7 Å². The van der Waals surface area contributed by atoms with E-state index in [2.05, 4.69) is 0 Å². The lowest BCUT2D eigenvalue weighted by molar-refractivity contribution is -0.226. The Hall–Kier alpha value is -3.33. The molecule has 9 nitrogen and oxygen atoms in total. The van der Waals surface area contributed by atoms with Gasteiger partial charge in [-0.3, -0.25) is 24.0 Å². The first kappa shape index (κ1) is 20.0. The summed E-state index contributed by atoms with van der Waals surface area (Å²) in [5, 5.41) is 0. The van der Waals surface area contributed by atoms with E-state index in [9.17, 15) is 24.0 Å². The SMILES string of the molecule is CC(=O)OC(OC(C)=O)[C@]12C=C[C@H](O1)[C@H]1C(=O)N(c3ccc(C(C)=O)cc3)C(=O)[C@H]12. The Kier molecular flexibility index (Phi) is 4.58. The van der Waals surface area contributed by atoms with E-state index < -0.39 is 53.6 Å². The van der Waals surface area contributed by atoms with E-state index in [1.165, 1.54) is 37.3 Å². The number of imide groups is 1. The summed E-state index contributed by atoms with van der Waals surface area (Å²) in [5.41, 5.74) is -0.826. The normalized spacial score (nSPS) is 28.8. The van der Waals surface area contributed by atoms with Gasteiger partial charge in [0.15, 0.2) is 11.4 Å². The van der Waals surface area contributed by atoms with Crippen LogP contribution < -0.4 is 4.90 Å². The summed E-state index contributed by atoms with van der Waals surface area (Å²) in [5.74, 6) is -4.50. The lowest BCUT2D eigenvalue weighted by Crippen LogP contribution is -2.52. The highest BCUT2D eigenvalue weighted by Gasteiger charge is 2.72. The monoisotopic (exact) mass is 413 g/mol. The van der Waals surface area contributed by atoms with Gasteiger partial charge in [-0.05, 0) is 37.3 Å². The summed E-state index contributed by atoms with van der Waals surface area (Å²) in [6.07, 6.45) is 0.888. The summed E-state index contributed by atoms with van der Waals surface area (Å²) in [4.78, 5) is 62.2. The molecule has 0 aliphatic carbocycles. The second-order valence-electron chi connectivity index (χ2n) is 7.46. The highest BCUT2D eigenvalue weighted by molar-refractivity contribution is 6.23. The van der Waals surface area contributed by atoms with Gasteiger partial charge in [-0.25, -0.2) is 4.90 Å². The number of anilines is 1. The van der Waals surface area contributed by atoms with Crippen molar-refractivity contribution in [3.63, 3.8) is 0 Å². The number of hydrogen-bond acceptors (Lipinski definition) is 8. The molecular weight excluding hydrogens is 394 g/mol. The number of nitrogens with zero attached hydrogens (tertiary/aromatic N) is 1. The Balaban J connectivity index is 1.71. The van der Waals surface area contributed by atoms with Crippen LogP contribution in [0.2, 0.25) is 0 Å². The molecular formula is C21H19NO8. The topological polar surface area (TPSA) is 116 Å². The number of benzene rings is 1. The first-order valence-electron chi connectivity index (χ1n) is 9.36. The summed E-state index contributed by atoms with van der Waals surface area (Å²) >= 11 is 0. The molecule has 0 aromatic heterocycles. The van der Waals surface area contributed by atoms with Crippen LogP contribution in [-0.4, -0.2) is 47.5 Å². The van der Waals surface area contributed by atoms with Crippen LogP contribution in [0.15, 0.2) is 36.4 Å². The minimum Gasteiger partial charge on any atom is -0.422 e. The predicted molar refractivity (Wildman–Crippen MR) is 100.0 cm³/mol. The van der Waals surface area contributed by atoms with Crippen LogP contribution in [0.3, 0.4) is 0 Å². The fraction of sp³-hybridized carbons (Fsp3) is 0.381. The van der Waals surface area contributed by atoms with Crippen molar-refractivity contribution in [1.29, 1.82) is 0 Å². The van der Waals surface area contributed by atoms with Crippen molar-refractivity contribution in [3.05, 3.63) is 42.0 Å². The standard InChI is InChI=1S/C21H19NO8/c1-10(23)13-4-6-14(7-5-13)22-18(26)16-15-8-9-21(30-15,17(16)19(22)27)20(28-11(2)24)29-12(3)25/h4-9,15-17,20H,1-3H3/t15-,16+,17-,21+/m0/s1. The van der Waals surface area contributed by atoms with Gasteiger partial charge in [0.2, 0.25) is 11.8 Å². The van der Waals surface area contributed by atoms with E-state index in [1.807, 2.05) is 0 Å². The smallest absolute Gasteiger partial charge is 0.305 e. The summed E-state index contributed by atoms with van der Waals surface area (Å²) < 4.78 is 16.2. The molecule has 1 aromatic carbocycles. The lowest BCUT2D eigenvalue weighted by atomic mass is 9.76. The molecule has 2 fully saturated rings. The maximum absolute atomic E-state index is 13.3. The minimum atomic E-state index is -1.59. The number of ether oxygens (including phenoxy) is 3. The number of carbonyl (C=O) groups excluding carboxylic acids is 5. The molecule has 0 N–H and O–H groups in total. The molecule has 3 aliphatic heterocycles. The van der Waals surface area contributed by atoms with Gasteiger partial charge in [-0.2, -0.15) is 0 Å². The zero-order chi connectivity index (χ0) is 21.8. The first-order valence-corrected chi connectivity index (χ1v) is 9.36. The van der Waals surface area contributed by atoms with Crippen LogP contribution in [0.25, 0.3) is 0 Å². The van der Waals surface area contributed by atoms with Crippen LogP contribution in [0.5, 0.6) is 0 Å². The molecule has 3 heterocycles.